The van der Waals surface area contributed by atoms with Crippen LogP contribution in [-0.4, -0.2) is 42.5 Å². The summed E-state index contributed by atoms with van der Waals surface area (Å²) >= 11 is 0. The first kappa shape index (κ1) is 15.6. The van der Waals surface area contributed by atoms with Gasteiger partial charge in [-0.2, -0.15) is 0 Å². The summed E-state index contributed by atoms with van der Waals surface area (Å²) < 4.78 is 10.7. The van der Waals surface area contributed by atoms with Gasteiger partial charge in [-0.3, -0.25) is 9.59 Å². The van der Waals surface area contributed by atoms with Crippen molar-refractivity contribution in [1.82, 2.24) is 4.90 Å². The minimum atomic E-state index is -1.08. The van der Waals surface area contributed by atoms with E-state index in [9.17, 15) is 9.59 Å². The first-order valence-electron chi connectivity index (χ1n) is 7.59. The summed E-state index contributed by atoms with van der Waals surface area (Å²) in [6.45, 7) is 2.50. The molecule has 122 valence electrons. The van der Waals surface area contributed by atoms with E-state index in [4.69, 9.17) is 14.9 Å². The number of hydrogen-bond donors (Lipinski definition) is 1. The monoisotopic (exact) mass is 316 g/mol. The number of rotatable bonds is 4. The van der Waals surface area contributed by atoms with Gasteiger partial charge in [0.1, 0.15) is 17.4 Å². The normalized spacial score (nSPS) is 21.0. The van der Waals surface area contributed by atoms with Gasteiger partial charge in [0.15, 0.2) is 0 Å². The van der Waals surface area contributed by atoms with Gasteiger partial charge in [-0.25, -0.2) is 0 Å². The summed E-state index contributed by atoms with van der Waals surface area (Å²) in [7, 11) is 1.50. The highest BCUT2D eigenvalue weighted by molar-refractivity contribution is 6.08. The lowest BCUT2D eigenvalue weighted by molar-refractivity contribution is -0.130. The molecular formula is C17H20N2O4. The highest BCUT2D eigenvalue weighted by Crippen LogP contribution is 2.33. The Morgan fingerprint density at radius 1 is 1.43 bits per heavy atom. The van der Waals surface area contributed by atoms with Crippen LogP contribution >= 0.6 is 0 Å². The van der Waals surface area contributed by atoms with Gasteiger partial charge in [-0.15, -0.1) is 0 Å². The molecule has 6 nitrogen and oxygen atoms in total. The van der Waals surface area contributed by atoms with Gasteiger partial charge in [0.25, 0.3) is 5.91 Å². The molecule has 2 N–H and O–H groups in total. The van der Waals surface area contributed by atoms with Crippen molar-refractivity contribution < 1.29 is 18.7 Å². The minimum Gasteiger partial charge on any atom is -0.463 e. The SMILES string of the molecule is COCC1(C(N)=O)CCCN1C(=O)c1coc2c(C)cccc12. The van der Waals surface area contributed by atoms with E-state index >= 15 is 0 Å². The van der Waals surface area contributed by atoms with Crippen molar-refractivity contribution in [2.45, 2.75) is 25.3 Å². The number of likely N-dealkylation sites (tertiary alicyclic amines) is 1. The maximum Gasteiger partial charge on any atom is 0.258 e. The number of methoxy groups -OCH3 is 1. The third kappa shape index (κ3) is 2.30. The van der Waals surface area contributed by atoms with Gasteiger partial charge in [0, 0.05) is 19.0 Å². The van der Waals surface area contributed by atoms with E-state index < -0.39 is 11.4 Å². The van der Waals surface area contributed by atoms with E-state index in [-0.39, 0.29) is 12.5 Å². The van der Waals surface area contributed by atoms with Crippen LogP contribution < -0.4 is 5.73 Å². The number of carbonyl (C=O) groups excluding carboxylic acids is 2. The molecule has 2 heterocycles. The average molecular weight is 316 g/mol. The van der Waals surface area contributed by atoms with Crippen LogP contribution in [0.4, 0.5) is 0 Å². The van der Waals surface area contributed by atoms with Gasteiger partial charge < -0.3 is 19.8 Å². The molecule has 1 aliphatic heterocycles. The van der Waals surface area contributed by atoms with Crippen LogP contribution in [0.15, 0.2) is 28.9 Å². The van der Waals surface area contributed by atoms with Gasteiger partial charge >= 0.3 is 0 Å². The average Bonchev–Trinajstić information content (AvgIpc) is 3.12. The quantitative estimate of drug-likeness (QED) is 0.932. The summed E-state index contributed by atoms with van der Waals surface area (Å²) in [5, 5.41) is 0.748. The van der Waals surface area contributed by atoms with E-state index in [1.807, 2.05) is 25.1 Å². The van der Waals surface area contributed by atoms with Crippen LogP contribution in [0.3, 0.4) is 0 Å². The molecule has 0 radical (unpaired) electrons. The molecule has 0 aliphatic carbocycles. The number of fused-ring (bicyclic) bond motifs is 1. The smallest absolute Gasteiger partial charge is 0.258 e. The zero-order valence-corrected chi connectivity index (χ0v) is 13.3. The second-order valence-corrected chi connectivity index (χ2v) is 5.99. The fraction of sp³-hybridized carbons (Fsp3) is 0.412. The number of para-hydroxylation sites is 1. The molecule has 2 aromatic rings. The zero-order valence-electron chi connectivity index (χ0n) is 13.3. The van der Waals surface area contributed by atoms with Crippen LogP contribution in [0.5, 0.6) is 0 Å². The van der Waals surface area contributed by atoms with Crippen molar-refractivity contribution in [3.8, 4) is 0 Å². The molecule has 1 aromatic heterocycles. The lowest BCUT2D eigenvalue weighted by atomic mass is 9.95. The Bertz CT molecular complexity index is 767. The van der Waals surface area contributed by atoms with Crippen molar-refractivity contribution in [2.24, 2.45) is 5.73 Å². The van der Waals surface area contributed by atoms with E-state index in [0.29, 0.717) is 30.5 Å². The molecule has 1 aliphatic rings. The summed E-state index contributed by atoms with van der Waals surface area (Å²) in [4.78, 5) is 26.6. The number of nitrogens with two attached hydrogens (primary N) is 1. The number of aryl methyl sites for hydroxylation is 1. The third-order valence-electron chi connectivity index (χ3n) is 4.60. The molecule has 3 rings (SSSR count). The third-order valence-corrected chi connectivity index (χ3v) is 4.60. The Morgan fingerprint density at radius 3 is 2.91 bits per heavy atom. The molecular weight excluding hydrogens is 296 g/mol. The standard InChI is InChI=1S/C17H20N2O4/c1-11-5-3-6-12-13(9-23-14(11)12)15(20)19-8-4-7-17(19,10-22-2)16(18)21/h3,5-6,9H,4,7-8,10H2,1-2H3,(H2,18,21). The largest absolute Gasteiger partial charge is 0.463 e. The number of nitrogens with zero attached hydrogens (tertiary/aromatic N) is 1. The molecule has 0 saturated carbocycles. The molecule has 1 saturated heterocycles. The second-order valence-electron chi connectivity index (χ2n) is 5.99. The van der Waals surface area contributed by atoms with Crippen LogP contribution in [0.25, 0.3) is 11.0 Å². The Morgan fingerprint density at radius 2 is 2.22 bits per heavy atom. The molecule has 0 spiro atoms. The predicted octanol–water partition coefficient (Wildman–Crippen LogP) is 1.85. The summed E-state index contributed by atoms with van der Waals surface area (Å²) in [6.07, 6.45) is 2.68. The van der Waals surface area contributed by atoms with E-state index in [1.165, 1.54) is 18.3 Å². The molecule has 1 atom stereocenters. The number of furan rings is 1. The van der Waals surface area contributed by atoms with E-state index in [2.05, 4.69) is 0 Å². The van der Waals surface area contributed by atoms with E-state index in [0.717, 1.165) is 10.9 Å². The first-order chi connectivity index (χ1) is 11.0. The minimum absolute atomic E-state index is 0.100. The Balaban J connectivity index is 2.04. The number of ether oxygens (including phenoxy) is 1. The van der Waals surface area contributed by atoms with Crippen LogP contribution in [0.1, 0.15) is 28.8 Å². The van der Waals surface area contributed by atoms with Crippen molar-refractivity contribution >= 4 is 22.8 Å². The number of hydrogen-bond acceptors (Lipinski definition) is 4. The molecule has 6 heteroatoms. The molecule has 1 fully saturated rings. The summed E-state index contributed by atoms with van der Waals surface area (Å²) in [6, 6.07) is 5.65. The molecule has 23 heavy (non-hydrogen) atoms. The van der Waals surface area contributed by atoms with Crippen LogP contribution in [0, 0.1) is 6.92 Å². The van der Waals surface area contributed by atoms with Crippen molar-refractivity contribution in [3.63, 3.8) is 0 Å². The number of amides is 2. The lowest BCUT2D eigenvalue weighted by Gasteiger charge is -2.34. The molecule has 0 bridgehead atoms. The van der Waals surface area contributed by atoms with Crippen molar-refractivity contribution in [1.29, 1.82) is 0 Å². The second kappa shape index (κ2) is 5.70. The fourth-order valence-electron chi connectivity index (χ4n) is 3.40. The topological polar surface area (TPSA) is 85.8 Å². The summed E-state index contributed by atoms with van der Waals surface area (Å²) in [5.74, 6) is -0.781. The highest BCUT2D eigenvalue weighted by Gasteiger charge is 2.49. The Hall–Kier alpha value is -2.34. The lowest BCUT2D eigenvalue weighted by Crippen LogP contribution is -2.58. The van der Waals surface area contributed by atoms with Crippen LogP contribution in [0.2, 0.25) is 0 Å². The van der Waals surface area contributed by atoms with Crippen molar-refractivity contribution in [3.05, 3.63) is 35.6 Å². The number of benzene rings is 1. The van der Waals surface area contributed by atoms with E-state index in [1.54, 1.807) is 0 Å². The fourth-order valence-corrected chi connectivity index (χ4v) is 3.40. The Labute approximate surface area is 134 Å². The predicted molar refractivity (Wildman–Crippen MR) is 85.0 cm³/mol. The highest BCUT2D eigenvalue weighted by atomic mass is 16.5. The zero-order chi connectivity index (χ0) is 16.6. The Kier molecular flexibility index (Phi) is 3.85. The van der Waals surface area contributed by atoms with Gasteiger partial charge in [0.05, 0.1) is 12.2 Å². The van der Waals surface area contributed by atoms with Gasteiger partial charge in [-0.1, -0.05) is 18.2 Å². The number of carbonyl (C=O) groups is 2. The van der Waals surface area contributed by atoms with Gasteiger partial charge in [-0.05, 0) is 25.3 Å². The maximum absolute atomic E-state index is 13.0. The molecule has 2 amide bonds. The maximum atomic E-state index is 13.0. The van der Waals surface area contributed by atoms with Crippen molar-refractivity contribution in [2.75, 3.05) is 20.3 Å². The first-order valence-corrected chi connectivity index (χ1v) is 7.59. The molecule has 1 aromatic carbocycles. The van der Waals surface area contributed by atoms with Gasteiger partial charge in [0.2, 0.25) is 5.91 Å². The summed E-state index contributed by atoms with van der Waals surface area (Å²) in [5.41, 5.74) is 6.61. The number of primary amides is 1. The molecule has 1 unspecified atom stereocenters. The van der Waals surface area contributed by atoms with Crippen LogP contribution in [-0.2, 0) is 9.53 Å².